The van der Waals surface area contributed by atoms with Gasteiger partial charge in [-0.05, 0) is 61.0 Å². The standard InChI is InChI=1S/C27H31N3O5S/c1-3-35-26-7-5-4-6-25(26)30(36(2,32)33)20-21-8-10-22(11-9-21)27(31)28-23-12-14-24(15-13-23)29-16-18-34-19-17-29/h4-15H,3,16-20H2,1-2H3,(H,28,31). The molecule has 1 amide bonds. The van der Waals surface area contributed by atoms with Gasteiger partial charge in [-0.15, -0.1) is 0 Å². The largest absolute Gasteiger partial charge is 0.492 e. The van der Waals surface area contributed by atoms with Crippen LogP contribution in [0.25, 0.3) is 0 Å². The number of hydrogen-bond acceptors (Lipinski definition) is 6. The fourth-order valence-electron chi connectivity index (χ4n) is 4.03. The Morgan fingerprint density at radius 3 is 2.31 bits per heavy atom. The van der Waals surface area contributed by atoms with Crippen LogP contribution in [0.3, 0.4) is 0 Å². The molecule has 1 N–H and O–H groups in total. The van der Waals surface area contributed by atoms with Crippen molar-refractivity contribution in [2.75, 3.05) is 53.7 Å². The molecular weight excluding hydrogens is 478 g/mol. The predicted molar refractivity (Wildman–Crippen MR) is 143 cm³/mol. The summed E-state index contributed by atoms with van der Waals surface area (Å²) in [6, 6.07) is 21.7. The van der Waals surface area contributed by atoms with Gasteiger partial charge in [0, 0.05) is 30.0 Å². The minimum absolute atomic E-state index is 0.119. The molecule has 1 fully saturated rings. The Morgan fingerprint density at radius 1 is 1.00 bits per heavy atom. The van der Waals surface area contributed by atoms with E-state index in [-0.39, 0.29) is 12.5 Å². The van der Waals surface area contributed by atoms with Crippen LogP contribution in [0.1, 0.15) is 22.8 Å². The molecule has 0 bridgehead atoms. The Kier molecular flexibility index (Phi) is 8.12. The van der Waals surface area contributed by atoms with E-state index in [1.807, 2.05) is 31.2 Å². The van der Waals surface area contributed by atoms with Crippen LogP contribution in [0.2, 0.25) is 0 Å². The number of morpholine rings is 1. The molecule has 0 saturated carbocycles. The van der Waals surface area contributed by atoms with Gasteiger partial charge in [0.15, 0.2) is 0 Å². The highest BCUT2D eigenvalue weighted by Gasteiger charge is 2.21. The lowest BCUT2D eigenvalue weighted by Crippen LogP contribution is -2.36. The van der Waals surface area contributed by atoms with Gasteiger partial charge in [-0.1, -0.05) is 24.3 Å². The number of anilines is 3. The second-order valence-electron chi connectivity index (χ2n) is 8.47. The maximum atomic E-state index is 12.8. The average molecular weight is 510 g/mol. The molecule has 4 rings (SSSR count). The fraction of sp³-hybridized carbons (Fsp3) is 0.296. The number of ether oxygens (including phenoxy) is 2. The van der Waals surface area contributed by atoms with Gasteiger partial charge in [-0.25, -0.2) is 8.42 Å². The number of nitrogens with one attached hydrogen (secondary N) is 1. The molecule has 1 aliphatic rings. The van der Waals surface area contributed by atoms with E-state index < -0.39 is 10.0 Å². The monoisotopic (exact) mass is 509 g/mol. The summed E-state index contributed by atoms with van der Waals surface area (Å²) in [5.41, 5.74) is 3.51. The highest BCUT2D eigenvalue weighted by molar-refractivity contribution is 7.92. The quantitative estimate of drug-likeness (QED) is 0.467. The van der Waals surface area contributed by atoms with Gasteiger partial charge in [0.2, 0.25) is 10.0 Å². The molecule has 190 valence electrons. The number of benzene rings is 3. The third-order valence-corrected chi connectivity index (χ3v) is 7.00. The highest BCUT2D eigenvalue weighted by atomic mass is 32.2. The second-order valence-corrected chi connectivity index (χ2v) is 10.4. The maximum Gasteiger partial charge on any atom is 0.255 e. The van der Waals surface area contributed by atoms with E-state index in [2.05, 4.69) is 10.2 Å². The van der Waals surface area contributed by atoms with Crippen LogP contribution in [0.5, 0.6) is 5.75 Å². The van der Waals surface area contributed by atoms with Crippen molar-refractivity contribution in [1.82, 2.24) is 0 Å². The molecule has 1 aliphatic heterocycles. The molecule has 36 heavy (non-hydrogen) atoms. The number of para-hydroxylation sites is 2. The first kappa shape index (κ1) is 25.5. The van der Waals surface area contributed by atoms with Crippen LogP contribution in [0.15, 0.2) is 72.8 Å². The fourth-order valence-corrected chi connectivity index (χ4v) is 4.92. The molecule has 1 heterocycles. The van der Waals surface area contributed by atoms with Crippen molar-refractivity contribution in [2.24, 2.45) is 0 Å². The zero-order valence-electron chi connectivity index (χ0n) is 20.5. The number of rotatable bonds is 9. The van der Waals surface area contributed by atoms with E-state index in [0.29, 0.717) is 29.3 Å². The minimum Gasteiger partial charge on any atom is -0.492 e. The van der Waals surface area contributed by atoms with Gasteiger partial charge in [-0.2, -0.15) is 0 Å². The summed E-state index contributed by atoms with van der Waals surface area (Å²) >= 11 is 0. The second kappa shape index (κ2) is 11.5. The lowest BCUT2D eigenvalue weighted by Gasteiger charge is -2.28. The van der Waals surface area contributed by atoms with E-state index in [9.17, 15) is 13.2 Å². The normalized spacial score (nSPS) is 13.8. The molecule has 1 saturated heterocycles. The van der Waals surface area contributed by atoms with E-state index >= 15 is 0 Å². The van der Waals surface area contributed by atoms with E-state index in [1.165, 1.54) is 10.6 Å². The number of nitrogens with zero attached hydrogens (tertiary/aromatic N) is 2. The van der Waals surface area contributed by atoms with Gasteiger partial charge in [-0.3, -0.25) is 9.10 Å². The van der Waals surface area contributed by atoms with Crippen LogP contribution >= 0.6 is 0 Å². The Balaban J connectivity index is 1.44. The van der Waals surface area contributed by atoms with Crippen molar-refractivity contribution in [3.05, 3.63) is 83.9 Å². The van der Waals surface area contributed by atoms with Crippen molar-refractivity contribution in [1.29, 1.82) is 0 Å². The molecule has 0 unspecified atom stereocenters. The first-order valence-electron chi connectivity index (χ1n) is 11.9. The summed E-state index contributed by atoms with van der Waals surface area (Å²) in [6.07, 6.45) is 1.17. The third kappa shape index (κ3) is 6.35. The van der Waals surface area contributed by atoms with Crippen LogP contribution < -0.4 is 19.3 Å². The SMILES string of the molecule is CCOc1ccccc1N(Cc1ccc(C(=O)Nc2ccc(N3CCOCC3)cc2)cc1)S(C)(=O)=O. The molecule has 8 nitrogen and oxygen atoms in total. The number of amides is 1. The number of carbonyl (C=O) groups is 1. The molecule has 0 atom stereocenters. The Bertz CT molecular complexity index is 1270. The highest BCUT2D eigenvalue weighted by Crippen LogP contribution is 2.31. The summed E-state index contributed by atoms with van der Waals surface area (Å²) in [7, 11) is -3.57. The molecule has 3 aromatic carbocycles. The minimum atomic E-state index is -3.57. The molecule has 9 heteroatoms. The first-order valence-corrected chi connectivity index (χ1v) is 13.7. The Hall–Kier alpha value is -3.56. The van der Waals surface area contributed by atoms with Crippen molar-refractivity contribution in [2.45, 2.75) is 13.5 Å². The van der Waals surface area contributed by atoms with Crippen LogP contribution in [-0.2, 0) is 21.3 Å². The number of carbonyl (C=O) groups excluding carboxylic acids is 1. The topological polar surface area (TPSA) is 88.2 Å². The van der Waals surface area contributed by atoms with Crippen molar-refractivity contribution in [3.63, 3.8) is 0 Å². The molecule has 0 aliphatic carbocycles. The number of sulfonamides is 1. The lowest BCUT2D eigenvalue weighted by atomic mass is 10.1. The maximum absolute atomic E-state index is 12.8. The molecule has 0 spiro atoms. The average Bonchev–Trinajstić information content (AvgIpc) is 2.89. The van der Waals surface area contributed by atoms with Crippen molar-refractivity contribution < 1.29 is 22.7 Å². The van der Waals surface area contributed by atoms with Crippen molar-refractivity contribution in [3.8, 4) is 5.75 Å². The van der Waals surface area contributed by atoms with Gasteiger partial charge in [0.25, 0.3) is 5.91 Å². The van der Waals surface area contributed by atoms with E-state index in [4.69, 9.17) is 9.47 Å². The summed E-state index contributed by atoms with van der Waals surface area (Å²) in [4.78, 5) is 15.0. The van der Waals surface area contributed by atoms with Crippen LogP contribution in [0, 0.1) is 0 Å². The van der Waals surface area contributed by atoms with Crippen LogP contribution in [-0.4, -0.2) is 53.5 Å². The Morgan fingerprint density at radius 2 is 1.67 bits per heavy atom. The zero-order valence-corrected chi connectivity index (χ0v) is 21.3. The zero-order chi connectivity index (χ0) is 25.5. The molecule has 0 aromatic heterocycles. The summed E-state index contributed by atoms with van der Waals surface area (Å²) < 4.78 is 37.5. The summed E-state index contributed by atoms with van der Waals surface area (Å²) in [5, 5.41) is 2.92. The predicted octanol–water partition coefficient (Wildman–Crippen LogP) is 4.14. The molecular formula is C27H31N3O5S. The number of hydrogen-bond donors (Lipinski definition) is 1. The lowest BCUT2D eigenvalue weighted by molar-refractivity contribution is 0.102. The third-order valence-electron chi connectivity index (χ3n) is 5.88. The van der Waals surface area contributed by atoms with Crippen molar-refractivity contribution >= 4 is 33.0 Å². The van der Waals surface area contributed by atoms with Gasteiger partial charge >= 0.3 is 0 Å². The Labute approximate surface area is 212 Å². The van der Waals surface area contributed by atoms with E-state index in [0.717, 1.165) is 37.6 Å². The molecule has 3 aromatic rings. The first-order chi connectivity index (χ1) is 17.3. The van der Waals surface area contributed by atoms with Gasteiger partial charge < -0.3 is 19.7 Å². The summed E-state index contributed by atoms with van der Waals surface area (Å²) in [6.45, 7) is 5.54. The summed E-state index contributed by atoms with van der Waals surface area (Å²) in [5.74, 6) is 0.267. The van der Waals surface area contributed by atoms with Gasteiger partial charge in [0.1, 0.15) is 5.75 Å². The van der Waals surface area contributed by atoms with E-state index in [1.54, 1.807) is 48.5 Å². The van der Waals surface area contributed by atoms with Gasteiger partial charge in [0.05, 0.1) is 38.3 Å². The van der Waals surface area contributed by atoms with Crippen LogP contribution in [0.4, 0.5) is 17.1 Å². The molecule has 0 radical (unpaired) electrons. The smallest absolute Gasteiger partial charge is 0.255 e.